The Hall–Kier alpha value is -1.42. The van der Waals surface area contributed by atoms with E-state index in [9.17, 15) is 8.42 Å². The lowest BCUT2D eigenvalue weighted by Gasteiger charge is -2.38. The largest absolute Gasteiger partial charge is 0.309 e. The minimum atomic E-state index is -3.50. The fourth-order valence-corrected chi connectivity index (χ4v) is 4.06. The van der Waals surface area contributed by atoms with Crippen LogP contribution in [-0.4, -0.2) is 37.9 Å². The Kier molecular flexibility index (Phi) is 3.87. The molecule has 0 amide bonds. The molecule has 1 saturated heterocycles. The van der Waals surface area contributed by atoms with Gasteiger partial charge in [0, 0.05) is 25.2 Å². The van der Waals surface area contributed by atoms with Crippen molar-refractivity contribution in [2.24, 2.45) is 0 Å². The van der Waals surface area contributed by atoms with Gasteiger partial charge in [-0.25, -0.2) is 8.42 Å². The van der Waals surface area contributed by atoms with Crippen LogP contribution in [0.25, 0.3) is 0 Å². The molecule has 5 nitrogen and oxygen atoms in total. The second-order valence-corrected chi connectivity index (χ2v) is 7.68. The Morgan fingerprint density at radius 2 is 2.10 bits per heavy atom. The average Bonchev–Trinajstić information content (AvgIpc) is 2.37. The summed E-state index contributed by atoms with van der Waals surface area (Å²) in [6.45, 7) is 7.26. The number of piperazine rings is 1. The molecule has 0 atom stereocenters. The summed E-state index contributed by atoms with van der Waals surface area (Å²) in [6, 6.07) is 6.70. The SMILES string of the molecule is Cc1cc(S(=O)(=O)N2CCNC(C)(C)C2)ccc1C#N. The van der Waals surface area contributed by atoms with Crippen LogP contribution in [0.5, 0.6) is 0 Å². The zero-order valence-corrected chi connectivity index (χ0v) is 12.8. The van der Waals surface area contributed by atoms with Gasteiger partial charge in [0.05, 0.1) is 16.5 Å². The summed E-state index contributed by atoms with van der Waals surface area (Å²) in [5, 5.41) is 12.2. The lowest BCUT2D eigenvalue weighted by molar-refractivity contribution is 0.233. The molecule has 0 radical (unpaired) electrons. The van der Waals surface area contributed by atoms with E-state index in [2.05, 4.69) is 5.32 Å². The Labute approximate surface area is 120 Å². The summed E-state index contributed by atoms with van der Waals surface area (Å²) in [6.07, 6.45) is 0. The van der Waals surface area contributed by atoms with Crippen molar-refractivity contribution in [3.63, 3.8) is 0 Å². The highest BCUT2D eigenvalue weighted by molar-refractivity contribution is 7.89. The fraction of sp³-hybridized carbons (Fsp3) is 0.500. The molecule has 6 heteroatoms. The van der Waals surface area contributed by atoms with E-state index in [1.54, 1.807) is 19.1 Å². The highest BCUT2D eigenvalue weighted by atomic mass is 32.2. The van der Waals surface area contributed by atoms with Crippen LogP contribution in [0, 0.1) is 18.3 Å². The summed E-state index contributed by atoms with van der Waals surface area (Å²) in [7, 11) is -3.50. The average molecular weight is 293 g/mol. The van der Waals surface area contributed by atoms with E-state index in [1.807, 2.05) is 19.9 Å². The molecule has 1 aromatic carbocycles. The molecule has 1 N–H and O–H groups in total. The van der Waals surface area contributed by atoms with Crippen LogP contribution in [0.15, 0.2) is 23.1 Å². The Morgan fingerprint density at radius 1 is 1.40 bits per heavy atom. The summed E-state index contributed by atoms with van der Waals surface area (Å²) < 4.78 is 26.8. The maximum absolute atomic E-state index is 12.6. The van der Waals surface area contributed by atoms with Gasteiger partial charge in [0.2, 0.25) is 10.0 Å². The smallest absolute Gasteiger partial charge is 0.243 e. The molecule has 0 aromatic heterocycles. The molecule has 1 fully saturated rings. The fourth-order valence-electron chi connectivity index (χ4n) is 2.37. The van der Waals surface area contributed by atoms with Crippen molar-refractivity contribution in [1.29, 1.82) is 5.26 Å². The number of nitrogens with one attached hydrogen (secondary N) is 1. The monoisotopic (exact) mass is 293 g/mol. The maximum Gasteiger partial charge on any atom is 0.243 e. The predicted molar refractivity (Wildman–Crippen MR) is 76.7 cm³/mol. The summed E-state index contributed by atoms with van der Waals surface area (Å²) in [5.74, 6) is 0. The van der Waals surface area contributed by atoms with Crippen molar-refractivity contribution in [2.75, 3.05) is 19.6 Å². The second kappa shape index (κ2) is 5.17. The van der Waals surface area contributed by atoms with Crippen molar-refractivity contribution >= 4 is 10.0 Å². The molecule has 1 aliphatic rings. The van der Waals surface area contributed by atoms with E-state index in [-0.39, 0.29) is 10.4 Å². The lowest BCUT2D eigenvalue weighted by Crippen LogP contribution is -2.58. The van der Waals surface area contributed by atoms with Gasteiger partial charge >= 0.3 is 0 Å². The van der Waals surface area contributed by atoms with Crippen LogP contribution in [-0.2, 0) is 10.0 Å². The highest BCUT2D eigenvalue weighted by Gasteiger charge is 2.33. The zero-order chi connectivity index (χ0) is 15.0. The van der Waals surface area contributed by atoms with Gasteiger partial charge in [-0.1, -0.05) is 0 Å². The van der Waals surface area contributed by atoms with Crippen LogP contribution < -0.4 is 5.32 Å². The molecule has 0 saturated carbocycles. The van der Waals surface area contributed by atoms with E-state index < -0.39 is 10.0 Å². The third-order valence-electron chi connectivity index (χ3n) is 3.49. The van der Waals surface area contributed by atoms with Crippen molar-refractivity contribution in [3.8, 4) is 6.07 Å². The Bertz CT molecular complexity index is 659. The van der Waals surface area contributed by atoms with Gasteiger partial charge < -0.3 is 5.32 Å². The topological polar surface area (TPSA) is 73.2 Å². The van der Waals surface area contributed by atoms with Crippen LogP contribution >= 0.6 is 0 Å². The van der Waals surface area contributed by atoms with Gasteiger partial charge in [0.25, 0.3) is 0 Å². The van der Waals surface area contributed by atoms with E-state index >= 15 is 0 Å². The number of nitriles is 1. The molecular weight excluding hydrogens is 274 g/mol. The third kappa shape index (κ3) is 2.85. The van der Waals surface area contributed by atoms with Crippen molar-refractivity contribution in [3.05, 3.63) is 29.3 Å². The first-order chi connectivity index (χ1) is 9.26. The molecular formula is C14H19N3O2S. The third-order valence-corrected chi connectivity index (χ3v) is 5.33. The van der Waals surface area contributed by atoms with Crippen LogP contribution in [0.2, 0.25) is 0 Å². The molecule has 1 heterocycles. The number of sulfonamides is 1. The van der Waals surface area contributed by atoms with Gasteiger partial charge in [0.1, 0.15) is 0 Å². The maximum atomic E-state index is 12.6. The van der Waals surface area contributed by atoms with Gasteiger partial charge in [-0.15, -0.1) is 0 Å². The van der Waals surface area contributed by atoms with Crippen LogP contribution in [0.3, 0.4) is 0 Å². The lowest BCUT2D eigenvalue weighted by atomic mass is 10.0. The normalized spacial score (nSPS) is 19.5. The first-order valence-corrected chi connectivity index (χ1v) is 7.96. The van der Waals surface area contributed by atoms with E-state index in [0.717, 1.165) is 0 Å². The van der Waals surface area contributed by atoms with E-state index in [1.165, 1.54) is 10.4 Å². The second-order valence-electron chi connectivity index (χ2n) is 5.74. The number of hydrogen-bond acceptors (Lipinski definition) is 4. The molecule has 2 rings (SSSR count). The zero-order valence-electron chi connectivity index (χ0n) is 12.0. The highest BCUT2D eigenvalue weighted by Crippen LogP contribution is 2.22. The first-order valence-electron chi connectivity index (χ1n) is 6.52. The number of hydrogen-bond donors (Lipinski definition) is 1. The van der Waals surface area contributed by atoms with Gasteiger partial charge in [0.15, 0.2) is 0 Å². The standard InChI is InChI=1S/C14H19N3O2S/c1-11-8-13(5-4-12(11)9-15)20(18,19)17-7-6-16-14(2,3)10-17/h4-5,8,16H,6-7,10H2,1-3H3. The Morgan fingerprint density at radius 3 is 2.65 bits per heavy atom. The number of rotatable bonds is 2. The van der Waals surface area contributed by atoms with Gasteiger partial charge in [-0.05, 0) is 44.5 Å². The Balaban J connectivity index is 2.36. The number of benzene rings is 1. The summed E-state index contributed by atoms with van der Waals surface area (Å²) in [5.41, 5.74) is 0.958. The van der Waals surface area contributed by atoms with Crippen molar-refractivity contribution < 1.29 is 8.42 Å². The van der Waals surface area contributed by atoms with E-state index in [4.69, 9.17) is 5.26 Å². The van der Waals surface area contributed by atoms with Gasteiger partial charge in [-0.2, -0.15) is 9.57 Å². The minimum absolute atomic E-state index is 0.229. The van der Waals surface area contributed by atoms with Gasteiger partial charge in [-0.3, -0.25) is 0 Å². The molecule has 0 aliphatic carbocycles. The molecule has 1 aromatic rings. The molecule has 0 bridgehead atoms. The molecule has 0 unspecified atom stereocenters. The van der Waals surface area contributed by atoms with Crippen molar-refractivity contribution in [1.82, 2.24) is 9.62 Å². The molecule has 108 valence electrons. The summed E-state index contributed by atoms with van der Waals surface area (Å²) >= 11 is 0. The molecule has 0 spiro atoms. The minimum Gasteiger partial charge on any atom is -0.309 e. The van der Waals surface area contributed by atoms with Crippen molar-refractivity contribution in [2.45, 2.75) is 31.2 Å². The molecule has 20 heavy (non-hydrogen) atoms. The quantitative estimate of drug-likeness (QED) is 0.890. The number of aryl methyl sites for hydroxylation is 1. The number of nitrogens with zero attached hydrogens (tertiary/aromatic N) is 2. The van der Waals surface area contributed by atoms with Crippen LogP contribution in [0.4, 0.5) is 0 Å². The molecule has 1 aliphatic heterocycles. The predicted octanol–water partition coefficient (Wildman–Crippen LogP) is 1.24. The van der Waals surface area contributed by atoms with E-state index in [0.29, 0.717) is 30.8 Å². The van der Waals surface area contributed by atoms with Crippen LogP contribution in [0.1, 0.15) is 25.0 Å². The first kappa shape index (κ1) is 15.0. The summed E-state index contributed by atoms with van der Waals surface area (Å²) in [4.78, 5) is 0.256.